The molecule has 0 bridgehead atoms. The van der Waals surface area contributed by atoms with Gasteiger partial charge in [0.25, 0.3) is 0 Å². The number of ether oxygens (including phenoxy) is 1. The molecular formula is C20H20N4O2. The van der Waals surface area contributed by atoms with Crippen molar-refractivity contribution in [2.24, 2.45) is 0 Å². The maximum absolute atomic E-state index is 9.55. The Balaban J connectivity index is 1.84. The Kier molecular flexibility index (Phi) is 4.23. The fraction of sp³-hybridized carbons (Fsp3) is 0.300. The zero-order valence-corrected chi connectivity index (χ0v) is 14.6. The van der Waals surface area contributed by atoms with Gasteiger partial charge in [-0.2, -0.15) is 5.26 Å². The molecule has 1 aromatic carbocycles. The first-order valence-electron chi connectivity index (χ1n) is 8.69. The number of nitriles is 1. The Morgan fingerprint density at radius 2 is 2.12 bits per heavy atom. The van der Waals surface area contributed by atoms with Gasteiger partial charge >= 0.3 is 0 Å². The fourth-order valence-electron chi connectivity index (χ4n) is 3.61. The molecule has 0 radical (unpaired) electrons. The van der Waals surface area contributed by atoms with Gasteiger partial charge in [-0.15, -0.1) is 0 Å². The number of nitrogens with two attached hydrogens (primary N) is 1. The summed E-state index contributed by atoms with van der Waals surface area (Å²) < 4.78 is 11.4. The number of hydrogen-bond donors (Lipinski definition) is 2. The number of nitrogens with zero attached hydrogens (tertiary/aromatic N) is 2. The Bertz CT molecular complexity index is 997. The lowest BCUT2D eigenvalue weighted by molar-refractivity contribution is 0.411. The van der Waals surface area contributed by atoms with Crippen molar-refractivity contribution in [1.29, 1.82) is 5.26 Å². The molecule has 0 atom stereocenters. The third-order valence-electron chi connectivity index (χ3n) is 4.95. The van der Waals surface area contributed by atoms with Crippen LogP contribution in [0.1, 0.15) is 29.9 Å². The van der Waals surface area contributed by atoms with Crippen molar-refractivity contribution in [2.75, 3.05) is 25.9 Å². The summed E-state index contributed by atoms with van der Waals surface area (Å²) in [5, 5.41) is 13.8. The molecule has 0 saturated carbocycles. The zero-order valence-electron chi connectivity index (χ0n) is 14.6. The third-order valence-corrected chi connectivity index (χ3v) is 4.95. The van der Waals surface area contributed by atoms with Gasteiger partial charge in [0.2, 0.25) is 0 Å². The number of para-hydroxylation sites is 1. The minimum Gasteiger partial charge on any atom is -0.493 e. The molecule has 4 rings (SSSR count). The molecule has 1 aliphatic rings. The number of nitrogen functional groups attached to an aromatic ring is 1. The molecule has 132 valence electrons. The van der Waals surface area contributed by atoms with Crippen LogP contribution >= 0.6 is 0 Å². The van der Waals surface area contributed by atoms with E-state index in [1.807, 2.05) is 30.3 Å². The van der Waals surface area contributed by atoms with Crippen molar-refractivity contribution in [2.45, 2.75) is 18.8 Å². The first-order chi connectivity index (χ1) is 12.7. The molecule has 3 N–H and O–H groups in total. The second kappa shape index (κ2) is 6.70. The maximum atomic E-state index is 9.55. The average Bonchev–Trinajstić information content (AvgIpc) is 3.12. The lowest BCUT2D eigenvalue weighted by atomic mass is 9.87. The van der Waals surface area contributed by atoms with Crippen molar-refractivity contribution in [1.82, 2.24) is 10.3 Å². The predicted molar refractivity (Wildman–Crippen MR) is 100.0 cm³/mol. The Labute approximate surface area is 151 Å². The van der Waals surface area contributed by atoms with Gasteiger partial charge in [0.05, 0.1) is 12.7 Å². The number of benzene rings is 1. The van der Waals surface area contributed by atoms with Crippen LogP contribution in [-0.2, 0) is 0 Å². The molecule has 0 unspecified atom stereocenters. The van der Waals surface area contributed by atoms with Gasteiger partial charge < -0.3 is 20.2 Å². The minimum atomic E-state index is 0.256. The molecule has 3 aromatic rings. The van der Waals surface area contributed by atoms with E-state index in [1.165, 1.54) is 0 Å². The summed E-state index contributed by atoms with van der Waals surface area (Å²) in [5.41, 5.74) is 8.88. The van der Waals surface area contributed by atoms with Crippen LogP contribution in [0.4, 0.5) is 5.82 Å². The van der Waals surface area contributed by atoms with E-state index in [9.17, 15) is 5.26 Å². The van der Waals surface area contributed by atoms with Gasteiger partial charge in [0.15, 0.2) is 17.1 Å². The Hall–Kier alpha value is -3.04. The topological polar surface area (TPSA) is 97.1 Å². The lowest BCUT2D eigenvalue weighted by Gasteiger charge is -2.24. The molecule has 0 spiro atoms. The van der Waals surface area contributed by atoms with E-state index in [2.05, 4.69) is 16.4 Å². The van der Waals surface area contributed by atoms with Crippen LogP contribution in [0.3, 0.4) is 0 Å². The predicted octanol–water partition coefficient (Wildman–Crippen LogP) is 3.42. The highest BCUT2D eigenvalue weighted by Crippen LogP contribution is 2.36. The second-order valence-electron chi connectivity index (χ2n) is 6.48. The van der Waals surface area contributed by atoms with Crippen molar-refractivity contribution in [3.63, 3.8) is 0 Å². The van der Waals surface area contributed by atoms with Crippen LogP contribution in [-0.4, -0.2) is 25.2 Å². The Morgan fingerprint density at radius 3 is 2.85 bits per heavy atom. The highest BCUT2D eigenvalue weighted by Gasteiger charge is 2.23. The van der Waals surface area contributed by atoms with Gasteiger partial charge in [-0.3, -0.25) is 0 Å². The number of furan rings is 1. The van der Waals surface area contributed by atoms with Crippen LogP contribution < -0.4 is 15.8 Å². The number of fused-ring (bicyclic) bond motifs is 1. The molecule has 6 heteroatoms. The summed E-state index contributed by atoms with van der Waals surface area (Å²) in [4.78, 5) is 4.43. The number of piperidine rings is 1. The van der Waals surface area contributed by atoms with Gasteiger partial charge in [-0.25, -0.2) is 4.98 Å². The zero-order chi connectivity index (χ0) is 18.1. The van der Waals surface area contributed by atoms with Gasteiger partial charge in [-0.1, -0.05) is 12.1 Å². The Morgan fingerprint density at radius 1 is 1.31 bits per heavy atom. The molecule has 1 saturated heterocycles. The van der Waals surface area contributed by atoms with E-state index >= 15 is 0 Å². The normalized spacial score (nSPS) is 15.1. The smallest absolute Gasteiger partial charge is 0.176 e. The van der Waals surface area contributed by atoms with Crippen molar-refractivity contribution < 1.29 is 9.15 Å². The molecule has 26 heavy (non-hydrogen) atoms. The number of hydrogen-bond acceptors (Lipinski definition) is 6. The number of rotatable bonds is 3. The quantitative estimate of drug-likeness (QED) is 0.753. The number of methoxy groups -OCH3 is 1. The molecule has 2 aromatic heterocycles. The molecular weight excluding hydrogens is 328 g/mol. The van der Waals surface area contributed by atoms with Crippen LogP contribution in [0, 0.1) is 11.3 Å². The number of nitrogens with one attached hydrogen (secondary N) is 1. The van der Waals surface area contributed by atoms with E-state index in [4.69, 9.17) is 14.9 Å². The number of anilines is 1. The van der Waals surface area contributed by atoms with Crippen molar-refractivity contribution in [3.05, 3.63) is 41.5 Å². The minimum absolute atomic E-state index is 0.256. The summed E-state index contributed by atoms with van der Waals surface area (Å²) in [5.74, 6) is 1.85. The molecule has 1 aliphatic heterocycles. The highest BCUT2D eigenvalue weighted by atomic mass is 16.5. The molecule has 0 aliphatic carbocycles. The fourth-order valence-corrected chi connectivity index (χ4v) is 3.61. The van der Waals surface area contributed by atoms with Crippen molar-refractivity contribution >= 4 is 16.8 Å². The lowest BCUT2D eigenvalue weighted by Crippen LogP contribution is -2.27. The summed E-state index contributed by atoms with van der Waals surface area (Å²) >= 11 is 0. The summed E-state index contributed by atoms with van der Waals surface area (Å²) in [6.45, 7) is 1.88. The van der Waals surface area contributed by atoms with Crippen LogP contribution in [0.2, 0.25) is 0 Å². The standard InChI is InChI=1S/C20H20N4O2/c1-25-17-4-2-3-13-9-18(26-19(13)17)16-10-14(12-5-7-23-8-6-12)15(11-21)20(22)24-16/h2-4,9-10,12,23H,5-8H2,1H3,(H2,22,24). The first-order valence-corrected chi connectivity index (χ1v) is 8.69. The second-order valence-corrected chi connectivity index (χ2v) is 6.48. The van der Waals surface area contributed by atoms with Gasteiger partial charge in [0.1, 0.15) is 17.6 Å². The number of aromatic nitrogens is 1. The summed E-state index contributed by atoms with van der Waals surface area (Å²) in [6, 6.07) is 11.8. The summed E-state index contributed by atoms with van der Waals surface area (Å²) in [6.07, 6.45) is 1.96. The van der Waals surface area contributed by atoms with Crippen LogP contribution in [0.5, 0.6) is 5.75 Å². The monoisotopic (exact) mass is 348 g/mol. The van der Waals surface area contributed by atoms with E-state index in [-0.39, 0.29) is 5.82 Å². The van der Waals surface area contributed by atoms with E-state index in [0.717, 1.165) is 36.9 Å². The van der Waals surface area contributed by atoms with E-state index in [0.29, 0.717) is 34.3 Å². The maximum Gasteiger partial charge on any atom is 0.176 e. The summed E-state index contributed by atoms with van der Waals surface area (Å²) in [7, 11) is 1.62. The van der Waals surface area contributed by atoms with Crippen LogP contribution in [0.15, 0.2) is 34.7 Å². The molecule has 0 amide bonds. The molecule has 6 nitrogen and oxygen atoms in total. The van der Waals surface area contributed by atoms with E-state index < -0.39 is 0 Å². The van der Waals surface area contributed by atoms with E-state index in [1.54, 1.807) is 7.11 Å². The highest BCUT2D eigenvalue weighted by molar-refractivity contribution is 5.87. The van der Waals surface area contributed by atoms with Gasteiger partial charge in [0, 0.05) is 5.39 Å². The molecule has 1 fully saturated rings. The SMILES string of the molecule is COc1cccc2cc(-c3cc(C4CCNCC4)c(C#N)c(N)n3)oc12. The number of pyridine rings is 1. The largest absolute Gasteiger partial charge is 0.493 e. The first kappa shape index (κ1) is 16.4. The van der Waals surface area contributed by atoms with Crippen molar-refractivity contribution in [3.8, 4) is 23.3 Å². The third kappa shape index (κ3) is 2.76. The van der Waals surface area contributed by atoms with Gasteiger partial charge in [-0.05, 0) is 55.6 Å². The van der Waals surface area contributed by atoms with Crippen LogP contribution in [0.25, 0.3) is 22.4 Å². The molecule has 3 heterocycles. The average molecular weight is 348 g/mol.